The van der Waals surface area contributed by atoms with E-state index in [1.54, 1.807) is 4.68 Å². The predicted molar refractivity (Wildman–Crippen MR) is 73.2 cm³/mol. The molecular weight excluding hydrogens is 242 g/mol. The molecule has 1 aromatic heterocycles. The zero-order chi connectivity index (χ0) is 13.3. The van der Waals surface area contributed by atoms with Gasteiger partial charge in [0.05, 0.1) is 5.69 Å². The number of nitrogens with zero attached hydrogens (tertiary/aromatic N) is 4. The van der Waals surface area contributed by atoms with Crippen molar-refractivity contribution in [2.75, 3.05) is 18.5 Å². The van der Waals surface area contributed by atoms with Gasteiger partial charge in [-0.05, 0) is 35.4 Å². The molecule has 2 aromatic rings. The van der Waals surface area contributed by atoms with E-state index in [2.05, 4.69) is 20.8 Å². The number of aromatic nitrogens is 4. The molecule has 0 unspecified atom stereocenters. The molecule has 1 heterocycles. The molecule has 0 saturated carbocycles. The van der Waals surface area contributed by atoms with Crippen LogP contribution in [0.2, 0.25) is 0 Å². The highest BCUT2D eigenvalue weighted by Crippen LogP contribution is 2.10. The molecule has 102 valence electrons. The lowest BCUT2D eigenvalue weighted by atomic mass is 10.2. The van der Waals surface area contributed by atoms with Crippen molar-refractivity contribution in [3.05, 3.63) is 30.3 Å². The molecule has 0 aliphatic carbocycles. The Morgan fingerprint density at radius 2 is 1.84 bits per heavy atom. The maximum atomic E-state index is 8.69. The van der Waals surface area contributed by atoms with Crippen molar-refractivity contribution < 1.29 is 5.11 Å². The fourth-order valence-electron chi connectivity index (χ4n) is 1.83. The largest absolute Gasteiger partial charge is 0.396 e. The van der Waals surface area contributed by atoms with Crippen molar-refractivity contribution >= 4 is 5.95 Å². The van der Waals surface area contributed by atoms with Crippen molar-refractivity contribution in [1.29, 1.82) is 0 Å². The average molecular weight is 261 g/mol. The molecule has 0 aliphatic rings. The van der Waals surface area contributed by atoms with E-state index in [1.165, 1.54) is 0 Å². The van der Waals surface area contributed by atoms with E-state index < -0.39 is 0 Å². The molecule has 0 saturated heterocycles. The van der Waals surface area contributed by atoms with Crippen molar-refractivity contribution in [2.45, 2.75) is 25.7 Å². The van der Waals surface area contributed by atoms with Crippen molar-refractivity contribution in [2.24, 2.45) is 0 Å². The van der Waals surface area contributed by atoms with Crippen LogP contribution in [0.4, 0.5) is 5.95 Å². The molecule has 0 atom stereocenters. The normalized spacial score (nSPS) is 10.6. The first kappa shape index (κ1) is 13.5. The van der Waals surface area contributed by atoms with E-state index in [0.29, 0.717) is 5.95 Å². The molecule has 1 aromatic carbocycles. The molecule has 0 amide bonds. The summed E-state index contributed by atoms with van der Waals surface area (Å²) in [5, 5.41) is 23.6. The second-order valence-corrected chi connectivity index (χ2v) is 4.31. The van der Waals surface area contributed by atoms with Gasteiger partial charge in [0.1, 0.15) is 0 Å². The minimum atomic E-state index is 0.277. The molecule has 2 rings (SSSR count). The molecular formula is C13H19N5O. The number of aliphatic hydroxyl groups is 1. The third kappa shape index (κ3) is 4.03. The topological polar surface area (TPSA) is 75.9 Å². The van der Waals surface area contributed by atoms with Gasteiger partial charge in [0, 0.05) is 13.2 Å². The molecule has 0 spiro atoms. The standard InChI is InChI=1S/C13H19N5O/c19-11-7-2-1-6-10-14-13-15-16-17-18(13)12-8-4-3-5-9-12/h3-5,8-9,19H,1-2,6-7,10-11H2,(H,14,15,17). The molecule has 0 bridgehead atoms. The van der Waals surface area contributed by atoms with Crippen LogP contribution >= 0.6 is 0 Å². The summed E-state index contributed by atoms with van der Waals surface area (Å²) in [4.78, 5) is 0. The Morgan fingerprint density at radius 1 is 1.05 bits per heavy atom. The number of para-hydroxylation sites is 1. The predicted octanol–water partition coefficient (Wildman–Crippen LogP) is 1.63. The van der Waals surface area contributed by atoms with Gasteiger partial charge in [-0.25, -0.2) is 0 Å². The number of tetrazole rings is 1. The fourth-order valence-corrected chi connectivity index (χ4v) is 1.83. The first-order valence-electron chi connectivity index (χ1n) is 6.60. The Morgan fingerprint density at radius 3 is 2.63 bits per heavy atom. The van der Waals surface area contributed by atoms with Crippen LogP contribution in [0.5, 0.6) is 0 Å². The molecule has 0 radical (unpaired) electrons. The summed E-state index contributed by atoms with van der Waals surface area (Å²) in [7, 11) is 0. The fraction of sp³-hybridized carbons (Fsp3) is 0.462. The van der Waals surface area contributed by atoms with Crippen molar-refractivity contribution in [3.63, 3.8) is 0 Å². The number of aliphatic hydroxyl groups excluding tert-OH is 1. The smallest absolute Gasteiger partial charge is 0.247 e. The Balaban J connectivity index is 1.83. The minimum absolute atomic E-state index is 0.277. The Hall–Kier alpha value is -1.95. The number of nitrogens with one attached hydrogen (secondary N) is 1. The highest BCUT2D eigenvalue weighted by molar-refractivity contribution is 5.38. The van der Waals surface area contributed by atoms with Gasteiger partial charge in [0.2, 0.25) is 5.95 Å². The third-order valence-electron chi connectivity index (χ3n) is 2.84. The summed E-state index contributed by atoms with van der Waals surface area (Å²) >= 11 is 0. The number of unbranched alkanes of at least 4 members (excludes halogenated alkanes) is 3. The lowest BCUT2D eigenvalue weighted by molar-refractivity contribution is 0.283. The van der Waals surface area contributed by atoms with Gasteiger partial charge >= 0.3 is 0 Å². The highest BCUT2D eigenvalue weighted by Gasteiger charge is 2.06. The van der Waals surface area contributed by atoms with Crippen molar-refractivity contribution in [3.8, 4) is 5.69 Å². The first-order valence-corrected chi connectivity index (χ1v) is 6.60. The van der Waals surface area contributed by atoms with Gasteiger partial charge in [-0.3, -0.25) is 0 Å². The van der Waals surface area contributed by atoms with Crippen molar-refractivity contribution in [1.82, 2.24) is 20.2 Å². The van der Waals surface area contributed by atoms with Crippen LogP contribution in [0.3, 0.4) is 0 Å². The Kier molecular flexibility index (Phi) is 5.31. The number of anilines is 1. The Bertz CT molecular complexity index is 471. The molecule has 2 N–H and O–H groups in total. The molecule has 6 heteroatoms. The summed E-state index contributed by atoms with van der Waals surface area (Å²) in [6, 6.07) is 9.79. The van der Waals surface area contributed by atoms with Gasteiger partial charge in [-0.15, -0.1) is 0 Å². The Labute approximate surface area is 112 Å². The lowest BCUT2D eigenvalue weighted by Gasteiger charge is -2.06. The summed E-state index contributed by atoms with van der Waals surface area (Å²) < 4.78 is 1.69. The van der Waals surface area contributed by atoms with Gasteiger partial charge in [-0.1, -0.05) is 36.1 Å². The number of benzene rings is 1. The van der Waals surface area contributed by atoms with Crippen LogP contribution in [0.25, 0.3) is 5.69 Å². The SMILES string of the molecule is OCCCCCCNc1nnnn1-c1ccccc1. The highest BCUT2D eigenvalue weighted by atomic mass is 16.2. The van der Waals surface area contributed by atoms with Crippen LogP contribution in [-0.2, 0) is 0 Å². The molecule has 0 aliphatic heterocycles. The summed E-state index contributed by atoms with van der Waals surface area (Å²) in [6.45, 7) is 1.11. The summed E-state index contributed by atoms with van der Waals surface area (Å²) in [5.41, 5.74) is 0.940. The lowest BCUT2D eigenvalue weighted by Crippen LogP contribution is -2.08. The van der Waals surface area contributed by atoms with Gasteiger partial charge in [0.25, 0.3) is 0 Å². The van der Waals surface area contributed by atoms with Gasteiger partial charge in [-0.2, -0.15) is 4.68 Å². The van der Waals surface area contributed by atoms with E-state index in [9.17, 15) is 0 Å². The molecule has 0 fully saturated rings. The van der Waals surface area contributed by atoms with Crippen LogP contribution < -0.4 is 5.32 Å². The number of hydrogen-bond acceptors (Lipinski definition) is 5. The molecule has 19 heavy (non-hydrogen) atoms. The van der Waals surface area contributed by atoms with Crippen LogP contribution in [-0.4, -0.2) is 38.5 Å². The quantitative estimate of drug-likeness (QED) is 0.706. The minimum Gasteiger partial charge on any atom is -0.396 e. The van der Waals surface area contributed by atoms with E-state index >= 15 is 0 Å². The summed E-state index contributed by atoms with van der Waals surface area (Å²) in [5.74, 6) is 0.661. The maximum absolute atomic E-state index is 8.69. The van der Waals surface area contributed by atoms with E-state index in [4.69, 9.17) is 5.11 Å². The maximum Gasteiger partial charge on any atom is 0.247 e. The first-order chi connectivity index (χ1) is 9.42. The molecule has 6 nitrogen and oxygen atoms in total. The monoisotopic (exact) mass is 261 g/mol. The van der Waals surface area contributed by atoms with Crippen LogP contribution in [0.1, 0.15) is 25.7 Å². The second-order valence-electron chi connectivity index (χ2n) is 4.31. The van der Waals surface area contributed by atoms with Gasteiger partial charge < -0.3 is 10.4 Å². The van der Waals surface area contributed by atoms with E-state index in [-0.39, 0.29) is 6.61 Å². The average Bonchev–Trinajstić information content (AvgIpc) is 2.92. The zero-order valence-electron chi connectivity index (χ0n) is 10.9. The number of rotatable bonds is 8. The number of hydrogen-bond donors (Lipinski definition) is 2. The van der Waals surface area contributed by atoms with Crippen LogP contribution in [0.15, 0.2) is 30.3 Å². The zero-order valence-corrected chi connectivity index (χ0v) is 10.9. The van der Waals surface area contributed by atoms with Gasteiger partial charge in [0.15, 0.2) is 0 Å². The van der Waals surface area contributed by atoms with E-state index in [1.807, 2.05) is 30.3 Å². The van der Waals surface area contributed by atoms with Crippen LogP contribution in [0, 0.1) is 0 Å². The third-order valence-corrected chi connectivity index (χ3v) is 2.84. The van der Waals surface area contributed by atoms with E-state index in [0.717, 1.165) is 37.9 Å². The summed E-state index contributed by atoms with van der Waals surface area (Å²) in [6.07, 6.45) is 4.08. The second kappa shape index (κ2) is 7.48.